The number of rotatable bonds is 8. The number of hydrogen-bond acceptors (Lipinski definition) is 3. The summed E-state index contributed by atoms with van der Waals surface area (Å²) in [7, 11) is 0. The van der Waals surface area contributed by atoms with Crippen LogP contribution in [0.1, 0.15) is 27.2 Å². The normalized spacial score (nSPS) is 11.9. The summed E-state index contributed by atoms with van der Waals surface area (Å²) in [4.78, 5) is 24.0. The first-order valence-electron chi connectivity index (χ1n) is 5.92. The zero-order chi connectivity index (χ0) is 13.3. The van der Waals surface area contributed by atoms with Crippen molar-refractivity contribution in [3.63, 3.8) is 0 Å². The van der Waals surface area contributed by atoms with Gasteiger partial charge in [-0.1, -0.05) is 6.92 Å². The van der Waals surface area contributed by atoms with E-state index in [0.717, 1.165) is 0 Å². The largest absolute Gasteiger partial charge is 0.480 e. The highest BCUT2D eigenvalue weighted by Crippen LogP contribution is 1.96. The molecular formula is C11H22N2O4. The summed E-state index contributed by atoms with van der Waals surface area (Å²) >= 11 is 0. The standard InChI is InChI=1S/C11H22N2O4/c1-4-9(10(14)15)12-11(16)13(5-2)7-8-17-6-3/h9H,4-8H2,1-3H3,(H,12,16)(H,14,15)/t9-/m1/s1. The highest BCUT2D eigenvalue weighted by atomic mass is 16.5. The predicted octanol–water partition coefficient (Wildman–Crippen LogP) is 0.918. The van der Waals surface area contributed by atoms with Crippen LogP contribution in [-0.4, -0.2) is 54.4 Å². The van der Waals surface area contributed by atoms with Crippen molar-refractivity contribution in [2.24, 2.45) is 0 Å². The van der Waals surface area contributed by atoms with Gasteiger partial charge in [-0.05, 0) is 20.3 Å². The molecule has 0 aliphatic carbocycles. The fourth-order valence-corrected chi connectivity index (χ4v) is 1.30. The number of hydrogen-bond donors (Lipinski definition) is 2. The molecule has 0 aliphatic heterocycles. The Kier molecular flexibility index (Phi) is 8.13. The number of amides is 2. The lowest BCUT2D eigenvalue weighted by molar-refractivity contribution is -0.139. The van der Waals surface area contributed by atoms with Crippen LogP contribution in [0.2, 0.25) is 0 Å². The first-order valence-corrected chi connectivity index (χ1v) is 5.92. The van der Waals surface area contributed by atoms with Crippen LogP contribution in [0, 0.1) is 0 Å². The van der Waals surface area contributed by atoms with Crippen molar-refractivity contribution in [3.8, 4) is 0 Å². The summed E-state index contributed by atoms with van der Waals surface area (Å²) in [5.41, 5.74) is 0. The zero-order valence-corrected chi connectivity index (χ0v) is 10.7. The smallest absolute Gasteiger partial charge is 0.326 e. The third-order valence-corrected chi connectivity index (χ3v) is 2.38. The van der Waals surface area contributed by atoms with Crippen molar-refractivity contribution < 1.29 is 19.4 Å². The number of carboxylic acid groups (broad SMARTS) is 1. The van der Waals surface area contributed by atoms with Crippen LogP contribution in [-0.2, 0) is 9.53 Å². The van der Waals surface area contributed by atoms with Crippen LogP contribution in [0.25, 0.3) is 0 Å². The van der Waals surface area contributed by atoms with Crippen LogP contribution >= 0.6 is 0 Å². The van der Waals surface area contributed by atoms with E-state index in [1.807, 2.05) is 13.8 Å². The number of carbonyl (C=O) groups is 2. The molecule has 0 spiro atoms. The third-order valence-electron chi connectivity index (χ3n) is 2.38. The third kappa shape index (κ3) is 6.11. The maximum Gasteiger partial charge on any atom is 0.326 e. The molecule has 0 rings (SSSR count). The number of nitrogens with zero attached hydrogens (tertiary/aromatic N) is 1. The molecule has 0 unspecified atom stereocenters. The van der Waals surface area contributed by atoms with Crippen molar-refractivity contribution in [2.45, 2.75) is 33.2 Å². The Bertz CT molecular complexity index is 246. The Morgan fingerprint density at radius 1 is 1.35 bits per heavy atom. The number of urea groups is 1. The zero-order valence-electron chi connectivity index (χ0n) is 10.7. The van der Waals surface area contributed by atoms with Crippen molar-refractivity contribution in [2.75, 3.05) is 26.3 Å². The van der Waals surface area contributed by atoms with Gasteiger partial charge < -0.3 is 20.1 Å². The fraction of sp³-hybridized carbons (Fsp3) is 0.818. The van der Waals surface area contributed by atoms with Crippen LogP contribution in [0.4, 0.5) is 4.79 Å². The molecule has 0 bridgehead atoms. The molecule has 0 aromatic rings. The second-order valence-electron chi connectivity index (χ2n) is 3.53. The van der Waals surface area contributed by atoms with Gasteiger partial charge in [0.1, 0.15) is 6.04 Å². The Morgan fingerprint density at radius 2 is 2.00 bits per heavy atom. The lowest BCUT2D eigenvalue weighted by Crippen LogP contribution is -2.48. The van der Waals surface area contributed by atoms with Crippen molar-refractivity contribution >= 4 is 12.0 Å². The average molecular weight is 246 g/mol. The predicted molar refractivity (Wildman–Crippen MR) is 64.0 cm³/mol. The van der Waals surface area contributed by atoms with Crippen molar-refractivity contribution in [3.05, 3.63) is 0 Å². The second-order valence-corrected chi connectivity index (χ2v) is 3.53. The molecule has 0 aromatic carbocycles. The van der Waals surface area contributed by atoms with E-state index >= 15 is 0 Å². The van der Waals surface area contributed by atoms with Gasteiger partial charge in [0.15, 0.2) is 0 Å². The van der Waals surface area contributed by atoms with Gasteiger partial charge in [-0.15, -0.1) is 0 Å². The van der Waals surface area contributed by atoms with Gasteiger partial charge in [-0.3, -0.25) is 0 Å². The molecule has 1 atom stereocenters. The molecular weight excluding hydrogens is 224 g/mol. The highest BCUT2D eigenvalue weighted by Gasteiger charge is 2.20. The molecule has 0 radical (unpaired) electrons. The monoisotopic (exact) mass is 246 g/mol. The molecule has 0 aliphatic rings. The van der Waals surface area contributed by atoms with Crippen molar-refractivity contribution in [1.29, 1.82) is 0 Å². The molecule has 0 fully saturated rings. The summed E-state index contributed by atoms with van der Waals surface area (Å²) in [5.74, 6) is -1.01. The quantitative estimate of drug-likeness (QED) is 0.624. The number of ether oxygens (including phenoxy) is 1. The maximum atomic E-state index is 11.7. The molecule has 2 amide bonds. The van der Waals surface area contributed by atoms with E-state index in [1.165, 1.54) is 4.90 Å². The molecule has 100 valence electrons. The second kappa shape index (κ2) is 8.81. The van der Waals surface area contributed by atoms with E-state index in [4.69, 9.17) is 9.84 Å². The molecule has 0 heterocycles. The SMILES string of the molecule is CCOCCN(CC)C(=O)N[C@H](CC)C(=O)O. The fourth-order valence-electron chi connectivity index (χ4n) is 1.30. The molecule has 0 saturated heterocycles. The summed E-state index contributed by atoms with van der Waals surface area (Å²) < 4.78 is 5.16. The first-order chi connectivity index (χ1) is 8.06. The molecule has 2 N–H and O–H groups in total. The van der Waals surface area contributed by atoms with E-state index in [2.05, 4.69) is 5.32 Å². The average Bonchev–Trinajstić information content (AvgIpc) is 2.31. The van der Waals surface area contributed by atoms with Gasteiger partial charge in [-0.25, -0.2) is 9.59 Å². The molecule has 6 heteroatoms. The van der Waals surface area contributed by atoms with Gasteiger partial charge in [0.05, 0.1) is 6.61 Å². The van der Waals surface area contributed by atoms with Crippen LogP contribution < -0.4 is 5.32 Å². The molecule has 0 saturated carbocycles. The van der Waals surface area contributed by atoms with E-state index in [0.29, 0.717) is 32.7 Å². The summed E-state index contributed by atoms with van der Waals surface area (Å²) in [5, 5.41) is 11.3. The molecule has 0 aromatic heterocycles. The number of carbonyl (C=O) groups excluding carboxylic acids is 1. The Balaban J connectivity index is 4.18. The number of nitrogens with one attached hydrogen (secondary N) is 1. The summed E-state index contributed by atoms with van der Waals surface area (Å²) in [6.07, 6.45) is 0.365. The van der Waals surface area contributed by atoms with Gasteiger partial charge in [0.2, 0.25) is 0 Å². The van der Waals surface area contributed by atoms with Gasteiger partial charge in [0.25, 0.3) is 0 Å². The van der Waals surface area contributed by atoms with Gasteiger partial charge in [0, 0.05) is 19.7 Å². The lowest BCUT2D eigenvalue weighted by atomic mass is 10.2. The summed E-state index contributed by atoms with van der Waals surface area (Å²) in [6, 6.07) is -1.19. The topological polar surface area (TPSA) is 78.9 Å². The first kappa shape index (κ1) is 15.7. The minimum absolute atomic E-state index is 0.360. The van der Waals surface area contributed by atoms with Crippen LogP contribution in [0.5, 0.6) is 0 Å². The van der Waals surface area contributed by atoms with E-state index < -0.39 is 12.0 Å². The Hall–Kier alpha value is -1.30. The Labute approximate surface area is 102 Å². The van der Waals surface area contributed by atoms with Crippen molar-refractivity contribution in [1.82, 2.24) is 10.2 Å². The maximum absolute atomic E-state index is 11.7. The van der Waals surface area contributed by atoms with E-state index in [-0.39, 0.29) is 6.03 Å². The molecule has 6 nitrogen and oxygen atoms in total. The van der Waals surface area contributed by atoms with Crippen LogP contribution in [0.15, 0.2) is 0 Å². The van der Waals surface area contributed by atoms with E-state index in [9.17, 15) is 9.59 Å². The molecule has 17 heavy (non-hydrogen) atoms. The minimum atomic E-state index is -1.01. The Morgan fingerprint density at radius 3 is 2.41 bits per heavy atom. The summed E-state index contributed by atoms with van der Waals surface area (Å²) in [6.45, 7) is 7.49. The minimum Gasteiger partial charge on any atom is -0.480 e. The van der Waals surface area contributed by atoms with E-state index in [1.54, 1.807) is 6.92 Å². The number of aliphatic carboxylic acids is 1. The highest BCUT2D eigenvalue weighted by molar-refractivity contribution is 5.82. The number of carboxylic acids is 1. The number of likely N-dealkylation sites (N-methyl/N-ethyl adjacent to an activating group) is 1. The van der Waals surface area contributed by atoms with Crippen LogP contribution in [0.3, 0.4) is 0 Å². The van der Waals surface area contributed by atoms with Gasteiger partial charge in [-0.2, -0.15) is 0 Å². The lowest BCUT2D eigenvalue weighted by Gasteiger charge is -2.23. The van der Waals surface area contributed by atoms with Gasteiger partial charge >= 0.3 is 12.0 Å².